The minimum atomic E-state index is 0.0712. The lowest BCUT2D eigenvalue weighted by molar-refractivity contribution is -0.0586. The molecule has 1 aliphatic rings. The Morgan fingerprint density at radius 3 is 2.54 bits per heavy atom. The van der Waals surface area contributed by atoms with Gasteiger partial charge in [-0.15, -0.1) is 11.3 Å². The van der Waals surface area contributed by atoms with Crippen LogP contribution in [0.5, 0.6) is 0 Å². The first-order valence-corrected chi connectivity index (χ1v) is 9.08. The van der Waals surface area contributed by atoms with Gasteiger partial charge in [0.15, 0.2) is 0 Å². The number of carbonyl (C=O) groups is 1. The molecule has 0 radical (unpaired) electrons. The van der Waals surface area contributed by atoms with Gasteiger partial charge in [-0.3, -0.25) is 4.79 Å². The highest BCUT2D eigenvalue weighted by Gasteiger charge is 2.26. The van der Waals surface area contributed by atoms with Crippen molar-refractivity contribution in [3.05, 3.63) is 45.9 Å². The van der Waals surface area contributed by atoms with Crippen molar-refractivity contribution in [1.29, 1.82) is 0 Å². The fourth-order valence-electron chi connectivity index (χ4n) is 2.94. The van der Waals surface area contributed by atoms with Crippen LogP contribution in [0.1, 0.15) is 34.8 Å². The van der Waals surface area contributed by atoms with Gasteiger partial charge in [-0.25, -0.2) is 4.98 Å². The number of morpholine rings is 1. The van der Waals surface area contributed by atoms with Crippen LogP contribution in [0.3, 0.4) is 0 Å². The summed E-state index contributed by atoms with van der Waals surface area (Å²) in [4.78, 5) is 20.0. The van der Waals surface area contributed by atoms with Gasteiger partial charge >= 0.3 is 0 Å². The minimum absolute atomic E-state index is 0.0712. The van der Waals surface area contributed by atoms with Crippen LogP contribution in [0.2, 0.25) is 0 Å². The zero-order chi connectivity index (χ0) is 17.1. The Balaban J connectivity index is 1.61. The molecule has 1 saturated heterocycles. The van der Waals surface area contributed by atoms with Crippen LogP contribution < -0.4 is 5.32 Å². The second-order valence-electron chi connectivity index (χ2n) is 6.26. The molecular formula is C18H23N3O2S. The second-order valence-corrected chi connectivity index (χ2v) is 7.20. The summed E-state index contributed by atoms with van der Waals surface area (Å²) in [5.41, 5.74) is 4.65. The lowest BCUT2D eigenvalue weighted by Gasteiger charge is -2.35. The summed E-state index contributed by atoms with van der Waals surface area (Å²) in [5.74, 6) is 0.0712. The van der Waals surface area contributed by atoms with Crippen LogP contribution in [0.25, 0.3) is 0 Å². The highest BCUT2D eigenvalue weighted by atomic mass is 32.1. The fraction of sp³-hybridized carbons (Fsp3) is 0.444. The number of benzene rings is 1. The van der Waals surface area contributed by atoms with Gasteiger partial charge in [0, 0.05) is 29.2 Å². The van der Waals surface area contributed by atoms with Gasteiger partial charge in [-0.2, -0.15) is 0 Å². The number of anilines is 1. The minimum Gasteiger partial charge on any atom is -0.380 e. The standard InChI is InChI=1S/C18H23N3O2S/c1-12-9-21(10-13(2)23-12)18(22)15-4-6-16(7-5-15)19-8-17-14(3)20-11-24-17/h4-7,11-13,19H,8-10H2,1-3H3. The molecule has 2 aromatic rings. The summed E-state index contributed by atoms with van der Waals surface area (Å²) in [6.45, 7) is 8.07. The van der Waals surface area contributed by atoms with E-state index >= 15 is 0 Å². The number of nitrogens with zero attached hydrogens (tertiary/aromatic N) is 2. The lowest BCUT2D eigenvalue weighted by Crippen LogP contribution is -2.48. The van der Waals surface area contributed by atoms with E-state index < -0.39 is 0 Å². The molecule has 0 saturated carbocycles. The van der Waals surface area contributed by atoms with Crippen LogP contribution in [0.4, 0.5) is 5.69 Å². The first-order valence-electron chi connectivity index (χ1n) is 8.20. The van der Waals surface area contributed by atoms with Gasteiger partial charge in [0.2, 0.25) is 0 Å². The number of aryl methyl sites for hydroxylation is 1. The Kier molecular flexibility index (Phi) is 5.16. The van der Waals surface area contributed by atoms with E-state index in [0.29, 0.717) is 13.1 Å². The van der Waals surface area contributed by atoms with E-state index in [1.165, 1.54) is 4.88 Å². The SMILES string of the molecule is Cc1ncsc1CNc1ccc(C(=O)N2CC(C)OC(C)C2)cc1. The van der Waals surface area contributed by atoms with Crippen LogP contribution in [0, 0.1) is 6.92 Å². The number of nitrogens with one attached hydrogen (secondary N) is 1. The fourth-order valence-corrected chi connectivity index (χ4v) is 3.65. The maximum atomic E-state index is 12.6. The van der Waals surface area contributed by atoms with Crippen molar-refractivity contribution in [3.63, 3.8) is 0 Å². The third kappa shape index (κ3) is 3.94. The van der Waals surface area contributed by atoms with Crippen molar-refractivity contribution in [2.45, 2.75) is 39.5 Å². The number of rotatable bonds is 4. The smallest absolute Gasteiger partial charge is 0.254 e. The molecule has 128 valence electrons. The van der Waals surface area contributed by atoms with E-state index in [1.807, 2.05) is 55.4 Å². The van der Waals surface area contributed by atoms with Gasteiger partial charge < -0.3 is 15.0 Å². The first kappa shape index (κ1) is 16.9. The Hall–Kier alpha value is -1.92. The van der Waals surface area contributed by atoms with Gasteiger partial charge in [0.1, 0.15) is 0 Å². The van der Waals surface area contributed by atoms with Crippen molar-refractivity contribution in [2.75, 3.05) is 18.4 Å². The molecule has 1 aromatic heterocycles. The molecule has 0 spiro atoms. The van der Waals surface area contributed by atoms with E-state index in [9.17, 15) is 4.79 Å². The third-order valence-corrected chi connectivity index (χ3v) is 5.07. The first-order chi connectivity index (χ1) is 11.5. The molecular weight excluding hydrogens is 322 g/mol. The zero-order valence-corrected chi connectivity index (χ0v) is 15.1. The van der Waals surface area contributed by atoms with Crippen molar-refractivity contribution in [3.8, 4) is 0 Å². The summed E-state index contributed by atoms with van der Waals surface area (Å²) in [6.07, 6.45) is 0.169. The molecule has 3 rings (SSSR count). The molecule has 1 fully saturated rings. The van der Waals surface area contributed by atoms with Crippen molar-refractivity contribution in [2.24, 2.45) is 0 Å². The Labute approximate surface area is 146 Å². The van der Waals surface area contributed by atoms with E-state index in [2.05, 4.69) is 10.3 Å². The van der Waals surface area contributed by atoms with Gasteiger partial charge in [0.05, 0.1) is 30.0 Å². The van der Waals surface area contributed by atoms with Crippen LogP contribution in [-0.2, 0) is 11.3 Å². The molecule has 2 heterocycles. The normalized spacial score (nSPS) is 20.9. The number of ether oxygens (including phenoxy) is 1. The number of thiazole rings is 1. The van der Waals surface area contributed by atoms with Crippen LogP contribution in [0.15, 0.2) is 29.8 Å². The largest absolute Gasteiger partial charge is 0.380 e. The zero-order valence-electron chi connectivity index (χ0n) is 14.3. The molecule has 0 bridgehead atoms. The average Bonchev–Trinajstić information content (AvgIpc) is 2.97. The predicted molar refractivity (Wildman–Crippen MR) is 96.5 cm³/mol. The molecule has 2 unspecified atom stereocenters. The molecule has 1 amide bonds. The van der Waals surface area contributed by atoms with Crippen LogP contribution in [-0.4, -0.2) is 41.1 Å². The molecule has 1 aliphatic heterocycles. The van der Waals surface area contributed by atoms with Gasteiger partial charge in [0.25, 0.3) is 5.91 Å². The van der Waals surface area contributed by atoms with E-state index in [4.69, 9.17) is 4.74 Å². The lowest BCUT2D eigenvalue weighted by atomic mass is 10.1. The molecule has 2 atom stereocenters. The summed E-state index contributed by atoms with van der Waals surface area (Å²) in [5, 5.41) is 3.37. The maximum absolute atomic E-state index is 12.6. The number of aromatic nitrogens is 1. The van der Waals surface area contributed by atoms with E-state index in [1.54, 1.807) is 11.3 Å². The number of amides is 1. The molecule has 5 nitrogen and oxygen atoms in total. The molecule has 1 N–H and O–H groups in total. The Bertz CT molecular complexity index is 689. The quantitative estimate of drug-likeness (QED) is 0.924. The third-order valence-electron chi connectivity index (χ3n) is 4.14. The average molecular weight is 345 g/mol. The van der Waals surface area contributed by atoms with Gasteiger partial charge in [-0.05, 0) is 45.0 Å². The predicted octanol–water partition coefficient (Wildman–Crippen LogP) is 3.31. The number of carbonyl (C=O) groups excluding carboxylic acids is 1. The molecule has 24 heavy (non-hydrogen) atoms. The summed E-state index contributed by atoms with van der Waals surface area (Å²) < 4.78 is 5.69. The van der Waals surface area contributed by atoms with E-state index in [-0.39, 0.29) is 18.1 Å². The highest BCUT2D eigenvalue weighted by molar-refractivity contribution is 7.09. The summed E-state index contributed by atoms with van der Waals surface area (Å²) in [7, 11) is 0. The van der Waals surface area contributed by atoms with Crippen LogP contribution >= 0.6 is 11.3 Å². The number of hydrogen-bond acceptors (Lipinski definition) is 5. The molecule has 1 aromatic carbocycles. The van der Waals surface area contributed by atoms with E-state index in [0.717, 1.165) is 23.5 Å². The highest BCUT2D eigenvalue weighted by Crippen LogP contribution is 2.18. The summed E-state index contributed by atoms with van der Waals surface area (Å²) >= 11 is 1.65. The van der Waals surface area contributed by atoms with Crippen molar-refractivity contribution < 1.29 is 9.53 Å². The molecule has 6 heteroatoms. The Morgan fingerprint density at radius 1 is 1.29 bits per heavy atom. The molecule has 0 aliphatic carbocycles. The maximum Gasteiger partial charge on any atom is 0.254 e. The topological polar surface area (TPSA) is 54.5 Å². The van der Waals surface area contributed by atoms with Crippen molar-refractivity contribution in [1.82, 2.24) is 9.88 Å². The van der Waals surface area contributed by atoms with Crippen molar-refractivity contribution >= 4 is 22.9 Å². The number of hydrogen-bond donors (Lipinski definition) is 1. The second kappa shape index (κ2) is 7.32. The summed E-state index contributed by atoms with van der Waals surface area (Å²) in [6, 6.07) is 7.68. The monoisotopic (exact) mass is 345 g/mol. The van der Waals surface area contributed by atoms with Gasteiger partial charge in [-0.1, -0.05) is 0 Å². The Morgan fingerprint density at radius 2 is 1.96 bits per heavy atom.